The zero-order valence-electron chi connectivity index (χ0n) is 11.8. The second kappa shape index (κ2) is 5.25. The molecular weight excluding hydrogens is 212 g/mol. The largest absolute Gasteiger partial charge is 0.380 e. The molecule has 100 valence electrons. The lowest BCUT2D eigenvalue weighted by Gasteiger charge is -2.48. The summed E-state index contributed by atoms with van der Waals surface area (Å²) in [5.41, 5.74) is 0.304. The van der Waals surface area contributed by atoms with Crippen LogP contribution in [0.1, 0.15) is 40.0 Å². The molecule has 2 rings (SSSR count). The molecule has 1 saturated heterocycles. The van der Waals surface area contributed by atoms with Gasteiger partial charge in [-0.25, -0.2) is 0 Å². The van der Waals surface area contributed by atoms with Crippen molar-refractivity contribution >= 4 is 0 Å². The van der Waals surface area contributed by atoms with Crippen LogP contribution >= 0.6 is 0 Å². The summed E-state index contributed by atoms with van der Waals surface area (Å²) in [6.07, 6.45) is 4.38. The second-order valence-electron chi connectivity index (χ2n) is 6.13. The van der Waals surface area contributed by atoms with Crippen molar-refractivity contribution in [3.8, 4) is 0 Å². The molecule has 1 aliphatic heterocycles. The molecule has 0 amide bonds. The fourth-order valence-electron chi connectivity index (χ4n) is 2.83. The van der Waals surface area contributed by atoms with E-state index in [4.69, 9.17) is 4.74 Å². The van der Waals surface area contributed by atoms with Gasteiger partial charge in [0.2, 0.25) is 0 Å². The number of ether oxygens (including phenoxy) is 1. The summed E-state index contributed by atoms with van der Waals surface area (Å²) in [7, 11) is 1.81. The van der Waals surface area contributed by atoms with E-state index >= 15 is 0 Å². The molecule has 0 aromatic heterocycles. The molecule has 0 aromatic carbocycles. The predicted molar refractivity (Wildman–Crippen MR) is 71.3 cm³/mol. The predicted octanol–water partition coefficient (Wildman–Crippen LogP) is 1.87. The van der Waals surface area contributed by atoms with Crippen LogP contribution in [-0.4, -0.2) is 49.3 Å². The van der Waals surface area contributed by atoms with Gasteiger partial charge in [-0.2, -0.15) is 0 Å². The standard InChI is InChI=1S/C14H28N2O/c1-5-14(3)10-15-13(12-6-7-12)9-16(14)8-11(2)17-4/h11-13,15H,5-10H2,1-4H3. The number of hydrogen-bond donors (Lipinski definition) is 1. The van der Waals surface area contributed by atoms with Gasteiger partial charge in [-0.05, 0) is 39.0 Å². The Balaban J connectivity index is 1.98. The van der Waals surface area contributed by atoms with E-state index in [2.05, 4.69) is 31.0 Å². The Morgan fingerprint density at radius 1 is 1.47 bits per heavy atom. The second-order valence-corrected chi connectivity index (χ2v) is 6.13. The van der Waals surface area contributed by atoms with Crippen LogP contribution in [0.15, 0.2) is 0 Å². The molecule has 1 saturated carbocycles. The first-order valence-corrected chi connectivity index (χ1v) is 7.10. The van der Waals surface area contributed by atoms with E-state index < -0.39 is 0 Å². The minimum absolute atomic E-state index is 0.304. The van der Waals surface area contributed by atoms with Crippen LogP contribution in [-0.2, 0) is 4.74 Å². The van der Waals surface area contributed by atoms with Gasteiger partial charge < -0.3 is 10.1 Å². The maximum Gasteiger partial charge on any atom is 0.0670 e. The average molecular weight is 240 g/mol. The Kier molecular flexibility index (Phi) is 4.11. The molecule has 17 heavy (non-hydrogen) atoms. The maximum atomic E-state index is 5.44. The molecule has 3 unspecified atom stereocenters. The molecule has 3 heteroatoms. The van der Waals surface area contributed by atoms with Crippen molar-refractivity contribution in [3.05, 3.63) is 0 Å². The number of piperazine rings is 1. The van der Waals surface area contributed by atoms with Gasteiger partial charge in [-0.15, -0.1) is 0 Å². The summed E-state index contributed by atoms with van der Waals surface area (Å²) in [4.78, 5) is 2.65. The third-order valence-electron chi connectivity index (χ3n) is 4.76. The Hall–Kier alpha value is -0.120. The van der Waals surface area contributed by atoms with Gasteiger partial charge in [0.15, 0.2) is 0 Å². The van der Waals surface area contributed by atoms with Crippen LogP contribution in [0.3, 0.4) is 0 Å². The normalized spacial score (nSPS) is 37.1. The van der Waals surface area contributed by atoms with E-state index in [9.17, 15) is 0 Å². The molecule has 3 nitrogen and oxygen atoms in total. The van der Waals surface area contributed by atoms with Gasteiger partial charge in [-0.1, -0.05) is 6.92 Å². The van der Waals surface area contributed by atoms with Gasteiger partial charge in [0.05, 0.1) is 6.10 Å². The molecular formula is C14H28N2O. The highest BCUT2D eigenvalue weighted by atomic mass is 16.5. The molecule has 1 heterocycles. The van der Waals surface area contributed by atoms with Crippen LogP contribution in [0.2, 0.25) is 0 Å². The first-order chi connectivity index (χ1) is 8.09. The van der Waals surface area contributed by atoms with Crippen molar-refractivity contribution < 1.29 is 4.74 Å². The van der Waals surface area contributed by atoms with Crippen molar-refractivity contribution in [2.45, 2.75) is 57.7 Å². The van der Waals surface area contributed by atoms with E-state index in [-0.39, 0.29) is 0 Å². The molecule has 1 N–H and O–H groups in total. The first-order valence-electron chi connectivity index (χ1n) is 7.10. The molecule has 0 aromatic rings. The number of nitrogens with one attached hydrogen (secondary N) is 1. The number of hydrogen-bond acceptors (Lipinski definition) is 3. The van der Waals surface area contributed by atoms with E-state index in [0.717, 1.165) is 25.0 Å². The van der Waals surface area contributed by atoms with Crippen LogP contribution in [0.4, 0.5) is 0 Å². The number of nitrogens with zero attached hydrogens (tertiary/aromatic N) is 1. The molecule has 1 aliphatic carbocycles. The van der Waals surface area contributed by atoms with Crippen molar-refractivity contribution in [2.24, 2.45) is 5.92 Å². The number of rotatable bonds is 5. The summed E-state index contributed by atoms with van der Waals surface area (Å²) in [6.45, 7) is 10.2. The van der Waals surface area contributed by atoms with Crippen LogP contribution in [0.5, 0.6) is 0 Å². The lowest BCUT2D eigenvalue weighted by Crippen LogP contribution is -2.64. The lowest BCUT2D eigenvalue weighted by molar-refractivity contribution is -0.00401. The quantitative estimate of drug-likeness (QED) is 0.794. The van der Waals surface area contributed by atoms with Crippen molar-refractivity contribution in [1.29, 1.82) is 0 Å². The van der Waals surface area contributed by atoms with E-state index in [0.29, 0.717) is 11.6 Å². The summed E-state index contributed by atoms with van der Waals surface area (Å²) in [6, 6.07) is 0.721. The monoisotopic (exact) mass is 240 g/mol. The zero-order valence-corrected chi connectivity index (χ0v) is 11.8. The fraction of sp³-hybridized carbons (Fsp3) is 1.00. The molecule has 2 aliphatic rings. The van der Waals surface area contributed by atoms with Crippen molar-refractivity contribution in [3.63, 3.8) is 0 Å². The minimum Gasteiger partial charge on any atom is -0.380 e. The topological polar surface area (TPSA) is 24.5 Å². The van der Waals surface area contributed by atoms with Gasteiger partial charge in [0, 0.05) is 38.3 Å². The van der Waals surface area contributed by atoms with Crippen molar-refractivity contribution in [2.75, 3.05) is 26.7 Å². The SMILES string of the molecule is CCC1(C)CNC(C2CC2)CN1CC(C)OC. The minimum atomic E-state index is 0.304. The molecule has 2 fully saturated rings. The lowest BCUT2D eigenvalue weighted by atomic mass is 9.90. The third-order valence-corrected chi connectivity index (χ3v) is 4.76. The summed E-state index contributed by atoms with van der Waals surface area (Å²) >= 11 is 0. The van der Waals surface area contributed by atoms with E-state index in [1.807, 2.05) is 7.11 Å². The molecule has 3 atom stereocenters. The van der Waals surface area contributed by atoms with Crippen molar-refractivity contribution in [1.82, 2.24) is 10.2 Å². The Morgan fingerprint density at radius 2 is 2.18 bits per heavy atom. The zero-order chi connectivity index (χ0) is 12.5. The third kappa shape index (κ3) is 3.01. The molecule has 0 radical (unpaired) electrons. The molecule has 0 spiro atoms. The van der Waals surface area contributed by atoms with Gasteiger partial charge in [-0.3, -0.25) is 4.90 Å². The fourth-order valence-corrected chi connectivity index (χ4v) is 2.83. The highest BCUT2D eigenvalue weighted by Gasteiger charge is 2.41. The Bertz CT molecular complexity index is 255. The average Bonchev–Trinajstić information content (AvgIpc) is 3.16. The Labute approximate surface area is 106 Å². The van der Waals surface area contributed by atoms with E-state index in [1.54, 1.807) is 0 Å². The first kappa shape index (κ1) is 13.3. The van der Waals surface area contributed by atoms with Crippen LogP contribution in [0.25, 0.3) is 0 Å². The molecule has 0 bridgehead atoms. The van der Waals surface area contributed by atoms with Crippen LogP contribution < -0.4 is 5.32 Å². The van der Waals surface area contributed by atoms with Gasteiger partial charge >= 0.3 is 0 Å². The van der Waals surface area contributed by atoms with E-state index in [1.165, 1.54) is 25.8 Å². The highest BCUT2D eigenvalue weighted by Crippen LogP contribution is 2.36. The van der Waals surface area contributed by atoms with Crippen LogP contribution in [0, 0.1) is 5.92 Å². The summed E-state index contributed by atoms with van der Waals surface area (Å²) in [5, 5.41) is 3.76. The number of methoxy groups -OCH3 is 1. The highest BCUT2D eigenvalue weighted by molar-refractivity contribution is 5.00. The Morgan fingerprint density at radius 3 is 2.71 bits per heavy atom. The summed E-state index contributed by atoms with van der Waals surface area (Å²) in [5.74, 6) is 0.941. The van der Waals surface area contributed by atoms with Gasteiger partial charge in [0.25, 0.3) is 0 Å². The van der Waals surface area contributed by atoms with Gasteiger partial charge in [0.1, 0.15) is 0 Å². The smallest absolute Gasteiger partial charge is 0.0670 e. The summed E-state index contributed by atoms with van der Waals surface area (Å²) < 4.78 is 5.44. The maximum absolute atomic E-state index is 5.44.